The van der Waals surface area contributed by atoms with E-state index in [0.717, 1.165) is 37.7 Å². The Hall–Kier alpha value is -2.24. The first-order valence-corrected chi connectivity index (χ1v) is 11.3. The van der Waals surface area contributed by atoms with Crippen molar-refractivity contribution in [2.24, 2.45) is 0 Å². The minimum atomic E-state index is -0.263. The standard InChI is InChI=1S/C25H32ClNO4/c1-25(2,30-3)13-14-31-23-12-10-19(16-21(23)26)27-24(29)18-9-11-22(28)20(15-18)17-7-5-4-6-8-17/h9-12,15-17,28H,4-8,13-14H2,1-3H3,(H,27,29). The largest absolute Gasteiger partial charge is 0.508 e. The first-order valence-electron chi connectivity index (χ1n) is 10.9. The van der Waals surface area contributed by atoms with Crippen LogP contribution >= 0.6 is 11.6 Å². The van der Waals surface area contributed by atoms with Gasteiger partial charge in [-0.15, -0.1) is 0 Å². The number of rotatable bonds is 8. The van der Waals surface area contributed by atoms with Gasteiger partial charge in [-0.25, -0.2) is 0 Å². The van der Waals surface area contributed by atoms with Crippen LogP contribution in [0, 0.1) is 0 Å². The van der Waals surface area contributed by atoms with Gasteiger partial charge < -0.3 is 19.9 Å². The number of methoxy groups -OCH3 is 1. The molecule has 168 valence electrons. The van der Waals surface area contributed by atoms with Gasteiger partial charge in [0.2, 0.25) is 0 Å². The van der Waals surface area contributed by atoms with Crippen LogP contribution in [0.25, 0.3) is 0 Å². The van der Waals surface area contributed by atoms with Gasteiger partial charge in [-0.3, -0.25) is 4.79 Å². The number of hydrogen-bond acceptors (Lipinski definition) is 4. The number of ether oxygens (including phenoxy) is 2. The highest BCUT2D eigenvalue weighted by molar-refractivity contribution is 6.32. The summed E-state index contributed by atoms with van der Waals surface area (Å²) in [7, 11) is 1.68. The van der Waals surface area contributed by atoms with E-state index in [4.69, 9.17) is 21.1 Å². The fraction of sp³-hybridized carbons (Fsp3) is 0.480. The number of carbonyl (C=O) groups excluding carboxylic acids is 1. The molecule has 5 nitrogen and oxygen atoms in total. The van der Waals surface area contributed by atoms with Crippen LogP contribution < -0.4 is 10.1 Å². The molecule has 0 bridgehead atoms. The van der Waals surface area contributed by atoms with Crippen LogP contribution in [0.15, 0.2) is 36.4 Å². The van der Waals surface area contributed by atoms with Gasteiger partial charge in [-0.05, 0) is 74.6 Å². The zero-order valence-corrected chi connectivity index (χ0v) is 19.3. The molecule has 6 heteroatoms. The molecule has 1 saturated carbocycles. The molecule has 0 aromatic heterocycles. The van der Waals surface area contributed by atoms with Crippen molar-refractivity contribution >= 4 is 23.2 Å². The quantitative estimate of drug-likeness (QED) is 0.484. The molecule has 1 aliphatic carbocycles. The van der Waals surface area contributed by atoms with Gasteiger partial charge in [0.15, 0.2) is 0 Å². The van der Waals surface area contributed by atoms with Crippen molar-refractivity contribution in [1.82, 2.24) is 0 Å². The summed E-state index contributed by atoms with van der Waals surface area (Å²) in [6.07, 6.45) is 6.39. The summed E-state index contributed by atoms with van der Waals surface area (Å²) in [6, 6.07) is 10.3. The topological polar surface area (TPSA) is 67.8 Å². The van der Waals surface area contributed by atoms with E-state index < -0.39 is 0 Å². The molecule has 1 aliphatic rings. The number of benzene rings is 2. The molecule has 2 aromatic rings. The summed E-state index contributed by atoms with van der Waals surface area (Å²) >= 11 is 6.35. The Kier molecular flexibility index (Phi) is 7.84. The summed E-state index contributed by atoms with van der Waals surface area (Å²) in [5, 5.41) is 13.6. The van der Waals surface area contributed by atoms with Crippen LogP contribution in [-0.4, -0.2) is 30.3 Å². The maximum Gasteiger partial charge on any atom is 0.255 e. The van der Waals surface area contributed by atoms with Crippen molar-refractivity contribution in [3.05, 3.63) is 52.5 Å². The molecule has 2 N–H and O–H groups in total. The number of phenolic OH excluding ortho intramolecular Hbond substituents is 1. The van der Waals surface area contributed by atoms with Gasteiger partial charge in [-0.2, -0.15) is 0 Å². The van der Waals surface area contributed by atoms with E-state index in [9.17, 15) is 9.90 Å². The minimum Gasteiger partial charge on any atom is -0.508 e. The van der Waals surface area contributed by atoms with Crippen molar-refractivity contribution in [2.75, 3.05) is 19.0 Å². The van der Waals surface area contributed by atoms with E-state index in [1.54, 1.807) is 37.4 Å². The van der Waals surface area contributed by atoms with Crippen molar-refractivity contribution in [3.8, 4) is 11.5 Å². The lowest BCUT2D eigenvalue weighted by molar-refractivity contribution is 0.00546. The molecular weight excluding hydrogens is 414 g/mol. The molecule has 0 spiro atoms. The number of anilines is 1. The summed E-state index contributed by atoms with van der Waals surface area (Å²) < 4.78 is 11.2. The van der Waals surface area contributed by atoms with Crippen LogP contribution in [-0.2, 0) is 4.74 Å². The Bertz CT molecular complexity index is 906. The third-order valence-electron chi connectivity index (χ3n) is 6.04. The Balaban J connectivity index is 1.64. The zero-order chi connectivity index (χ0) is 22.4. The molecule has 0 saturated heterocycles. The molecule has 0 aliphatic heterocycles. The molecule has 0 radical (unpaired) electrons. The number of nitrogens with one attached hydrogen (secondary N) is 1. The highest BCUT2D eigenvalue weighted by Crippen LogP contribution is 2.37. The number of aromatic hydroxyl groups is 1. The first-order chi connectivity index (χ1) is 14.8. The van der Waals surface area contributed by atoms with E-state index in [1.807, 2.05) is 19.9 Å². The van der Waals surface area contributed by atoms with E-state index in [2.05, 4.69) is 5.32 Å². The highest BCUT2D eigenvalue weighted by Gasteiger charge is 2.20. The van der Waals surface area contributed by atoms with Crippen LogP contribution in [0.4, 0.5) is 5.69 Å². The van der Waals surface area contributed by atoms with Crippen LogP contribution in [0.3, 0.4) is 0 Å². The normalized spacial score (nSPS) is 15.0. The second-order valence-corrected chi connectivity index (χ2v) is 9.18. The van der Waals surface area contributed by atoms with Gasteiger partial charge in [0.05, 0.1) is 17.2 Å². The molecular formula is C25H32ClNO4. The second kappa shape index (κ2) is 10.4. The van der Waals surface area contributed by atoms with Crippen LogP contribution in [0.5, 0.6) is 11.5 Å². The summed E-state index contributed by atoms with van der Waals surface area (Å²) in [5.41, 5.74) is 1.72. The fourth-order valence-corrected chi connectivity index (χ4v) is 4.08. The van der Waals surface area contributed by atoms with Crippen molar-refractivity contribution < 1.29 is 19.4 Å². The number of amides is 1. The summed E-state index contributed by atoms with van der Waals surface area (Å²) in [4.78, 5) is 12.8. The fourth-order valence-electron chi connectivity index (χ4n) is 3.84. The molecule has 2 aromatic carbocycles. The Morgan fingerprint density at radius 2 is 1.90 bits per heavy atom. The van der Waals surface area contributed by atoms with Gasteiger partial charge in [0.25, 0.3) is 5.91 Å². The van der Waals surface area contributed by atoms with Gasteiger partial charge >= 0.3 is 0 Å². The third-order valence-corrected chi connectivity index (χ3v) is 6.33. The average Bonchev–Trinajstić information content (AvgIpc) is 2.76. The van der Waals surface area contributed by atoms with Gasteiger partial charge in [0.1, 0.15) is 11.5 Å². The van der Waals surface area contributed by atoms with Gasteiger partial charge in [-0.1, -0.05) is 30.9 Å². The van der Waals surface area contributed by atoms with E-state index in [1.165, 1.54) is 6.42 Å². The molecule has 0 heterocycles. The van der Waals surface area contributed by atoms with E-state index in [-0.39, 0.29) is 17.3 Å². The van der Waals surface area contributed by atoms with Gasteiger partial charge in [0, 0.05) is 24.8 Å². The zero-order valence-electron chi connectivity index (χ0n) is 18.5. The van der Waals surface area contributed by atoms with E-state index in [0.29, 0.717) is 34.5 Å². The number of halogens is 1. The minimum absolute atomic E-state index is 0.233. The highest BCUT2D eigenvalue weighted by atomic mass is 35.5. The lowest BCUT2D eigenvalue weighted by Gasteiger charge is -2.23. The summed E-state index contributed by atoms with van der Waals surface area (Å²) in [6.45, 7) is 4.48. The number of carbonyl (C=O) groups is 1. The predicted molar refractivity (Wildman–Crippen MR) is 125 cm³/mol. The predicted octanol–water partition coefficient (Wildman–Crippen LogP) is 6.54. The van der Waals surface area contributed by atoms with Crippen molar-refractivity contribution in [1.29, 1.82) is 0 Å². The van der Waals surface area contributed by atoms with E-state index >= 15 is 0 Å². The SMILES string of the molecule is COC(C)(C)CCOc1ccc(NC(=O)c2ccc(O)c(C3CCCCC3)c2)cc1Cl. The molecule has 0 unspecified atom stereocenters. The van der Waals surface area contributed by atoms with Crippen LogP contribution in [0.2, 0.25) is 5.02 Å². The molecule has 3 rings (SSSR count). The number of phenols is 1. The molecule has 0 atom stereocenters. The Morgan fingerprint density at radius 1 is 1.16 bits per heavy atom. The maximum atomic E-state index is 12.8. The summed E-state index contributed by atoms with van der Waals surface area (Å²) in [5.74, 6) is 0.916. The monoisotopic (exact) mass is 445 g/mol. The Morgan fingerprint density at radius 3 is 2.58 bits per heavy atom. The third kappa shape index (κ3) is 6.37. The van der Waals surface area contributed by atoms with Crippen molar-refractivity contribution in [3.63, 3.8) is 0 Å². The Labute approximate surface area is 189 Å². The maximum absolute atomic E-state index is 12.8. The average molecular weight is 446 g/mol. The smallest absolute Gasteiger partial charge is 0.255 e. The van der Waals surface area contributed by atoms with Crippen LogP contribution in [0.1, 0.15) is 74.2 Å². The number of hydrogen-bond donors (Lipinski definition) is 2. The lowest BCUT2D eigenvalue weighted by Crippen LogP contribution is -2.25. The second-order valence-electron chi connectivity index (χ2n) is 8.77. The molecule has 31 heavy (non-hydrogen) atoms. The first kappa shape index (κ1) is 23.4. The molecule has 1 fully saturated rings. The van der Waals surface area contributed by atoms with Crippen molar-refractivity contribution in [2.45, 2.75) is 63.9 Å². The lowest BCUT2D eigenvalue weighted by atomic mass is 9.83. The molecule has 1 amide bonds.